The maximum atomic E-state index is 12.8. The van der Waals surface area contributed by atoms with Crippen molar-refractivity contribution in [2.75, 3.05) is 47.5 Å². The van der Waals surface area contributed by atoms with E-state index in [2.05, 4.69) is 98.9 Å². The number of ether oxygens (including phenoxy) is 4. The summed E-state index contributed by atoms with van der Waals surface area (Å²) in [6, 6.07) is 0. The Morgan fingerprint density at radius 1 is 0.419 bits per heavy atom. The third-order valence-electron chi connectivity index (χ3n) is 12.9. The maximum Gasteiger partial charge on any atom is 0.306 e. The van der Waals surface area contributed by atoms with Crippen molar-refractivity contribution >= 4 is 17.9 Å². The van der Waals surface area contributed by atoms with E-state index in [1.54, 1.807) is 0 Å². The lowest BCUT2D eigenvalue weighted by Gasteiger charge is -2.26. The number of unbranched alkanes of at least 4 members (excludes halogenated alkanes) is 26. The fraction of sp³-hybridized carbons (Fsp3) is 0.738. The van der Waals surface area contributed by atoms with Gasteiger partial charge in [0.05, 0.1) is 40.3 Å². The van der Waals surface area contributed by atoms with E-state index in [0.717, 1.165) is 96.3 Å². The first-order chi connectivity index (χ1) is 36.1. The predicted molar refractivity (Wildman–Crippen MR) is 311 cm³/mol. The molecule has 74 heavy (non-hydrogen) atoms. The van der Waals surface area contributed by atoms with Crippen LogP contribution < -0.4 is 5.11 Å². The summed E-state index contributed by atoms with van der Waals surface area (Å²) < 4.78 is 22.6. The molecule has 0 aliphatic carbocycles. The van der Waals surface area contributed by atoms with Crippen molar-refractivity contribution in [2.45, 2.75) is 264 Å². The largest absolute Gasteiger partial charge is 0.545 e. The molecular formula is C65H113NO8. The maximum absolute atomic E-state index is 12.8. The SMILES string of the molecule is CC/C=C\C/C=C\C/C=C\C/C=C\C/C=C\C/C=C\CCCCCCCCCCCCCCCCCCCCCCC(=O)OC(COC(=O)CCCCCCC/C=C\CCC)COC(OCC[N+](C)(C)C)C(=O)[O-]. The van der Waals surface area contributed by atoms with E-state index in [0.29, 0.717) is 17.4 Å². The molecule has 426 valence electrons. The van der Waals surface area contributed by atoms with Gasteiger partial charge >= 0.3 is 11.9 Å². The van der Waals surface area contributed by atoms with E-state index in [-0.39, 0.29) is 38.6 Å². The van der Waals surface area contributed by atoms with Crippen LogP contribution in [-0.2, 0) is 33.3 Å². The molecule has 2 atom stereocenters. The van der Waals surface area contributed by atoms with Gasteiger partial charge in [0, 0.05) is 12.8 Å². The molecule has 0 radical (unpaired) electrons. The molecule has 0 aromatic carbocycles. The molecule has 0 aromatic heterocycles. The zero-order valence-electron chi connectivity index (χ0n) is 48.4. The normalized spacial score (nSPS) is 13.4. The number of carboxylic acid groups (broad SMARTS) is 1. The lowest BCUT2D eigenvalue weighted by molar-refractivity contribution is -0.870. The van der Waals surface area contributed by atoms with Crippen molar-refractivity contribution in [3.8, 4) is 0 Å². The van der Waals surface area contributed by atoms with Crippen LogP contribution in [-0.4, -0.2) is 82.3 Å². The summed E-state index contributed by atoms with van der Waals surface area (Å²) in [4.78, 5) is 37.1. The van der Waals surface area contributed by atoms with Crippen molar-refractivity contribution in [1.29, 1.82) is 0 Å². The van der Waals surface area contributed by atoms with Gasteiger partial charge in [0.25, 0.3) is 0 Å². The van der Waals surface area contributed by atoms with Gasteiger partial charge in [-0.3, -0.25) is 9.59 Å². The fourth-order valence-electron chi connectivity index (χ4n) is 8.25. The van der Waals surface area contributed by atoms with Gasteiger partial charge < -0.3 is 33.3 Å². The number of carbonyl (C=O) groups excluding carboxylic acids is 3. The highest BCUT2D eigenvalue weighted by molar-refractivity contribution is 5.70. The first kappa shape index (κ1) is 70.5. The van der Waals surface area contributed by atoms with E-state index in [4.69, 9.17) is 18.9 Å². The second-order valence-corrected chi connectivity index (χ2v) is 21.3. The summed E-state index contributed by atoms with van der Waals surface area (Å²) in [6.45, 7) is 4.56. The van der Waals surface area contributed by atoms with Crippen molar-refractivity contribution in [1.82, 2.24) is 0 Å². The zero-order chi connectivity index (χ0) is 54.1. The van der Waals surface area contributed by atoms with Crippen LogP contribution in [0.25, 0.3) is 0 Å². The number of carboxylic acids is 1. The predicted octanol–water partition coefficient (Wildman–Crippen LogP) is 16.6. The first-order valence-corrected chi connectivity index (χ1v) is 30.2. The molecule has 0 amide bonds. The molecule has 0 aliphatic heterocycles. The minimum atomic E-state index is -1.62. The fourth-order valence-corrected chi connectivity index (χ4v) is 8.25. The van der Waals surface area contributed by atoms with Gasteiger partial charge in [-0.1, -0.05) is 240 Å². The van der Waals surface area contributed by atoms with E-state index in [9.17, 15) is 19.5 Å². The molecule has 0 saturated heterocycles. The third-order valence-corrected chi connectivity index (χ3v) is 12.9. The van der Waals surface area contributed by atoms with Crippen molar-refractivity contribution < 1.29 is 42.9 Å². The molecule has 0 bridgehead atoms. The Labute approximate surface area is 455 Å². The topological polar surface area (TPSA) is 111 Å². The quantitative estimate of drug-likeness (QED) is 0.0195. The summed E-state index contributed by atoms with van der Waals surface area (Å²) in [7, 11) is 5.91. The van der Waals surface area contributed by atoms with Crippen LogP contribution in [0.2, 0.25) is 0 Å². The van der Waals surface area contributed by atoms with Crippen molar-refractivity contribution in [3.63, 3.8) is 0 Å². The smallest absolute Gasteiger partial charge is 0.306 e. The van der Waals surface area contributed by atoms with Gasteiger partial charge in [0.1, 0.15) is 13.2 Å². The minimum Gasteiger partial charge on any atom is -0.545 e. The number of likely N-dealkylation sites (N-methyl/N-ethyl adjacent to an activating group) is 1. The lowest BCUT2D eigenvalue weighted by atomic mass is 10.0. The van der Waals surface area contributed by atoms with Crippen molar-refractivity contribution in [3.05, 3.63) is 85.1 Å². The molecule has 0 heterocycles. The number of nitrogens with zero attached hydrogens (tertiary/aromatic N) is 1. The van der Waals surface area contributed by atoms with Crippen LogP contribution in [0.1, 0.15) is 251 Å². The Morgan fingerprint density at radius 2 is 0.770 bits per heavy atom. The van der Waals surface area contributed by atoms with Crippen LogP contribution in [0.5, 0.6) is 0 Å². The Balaban J connectivity index is 3.95. The van der Waals surface area contributed by atoms with Crippen molar-refractivity contribution in [2.24, 2.45) is 0 Å². The molecular weight excluding hydrogens is 923 g/mol. The molecule has 0 saturated carbocycles. The lowest BCUT2D eigenvalue weighted by Crippen LogP contribution is -2.44. The van der Waals surface area contributed by atoms with Crippen LogP contribution >= 0.6 is 0 Å². The Morgan fingerprint density at radius 3 is 1.16 bits per heavy atom. The number of allylic oxidation sites excluding steroid dienone is 14. The minimum absolute atomic E-state index is 0.146. The molecule has 9 nitrogen and oxygen atoms in total. The molecule has 9 heteroatoms. The van der Waals surface area contributed by atoms with E-state index < -0.39 is 24.3 Å². The van der Waals surface area contributed by atoms with Crippen LogP contribution in [0, 0.1) is 0 Å². The number of hydrogen-bond acceptors (Lipinski definition) is 8. The van der Waals surface area contributed by atoms with E-state index in [1.807, 2.05) is 21.1 Å². The Bertz CT molecular complexity index is 1490. The number of carbonyl (C=O) groups is 3. The molecule has 0 rings (SSSR count). The van der Waals surface area contributed by atoms with Gasteiger partial charge in [-0.15, -0.1) is 0 Å². The second kappa shape index (κ2) is 55.7. The average molecular weight is 1040 g/mol. The molecule has 2 unspecified atom stereocenters. The van der Waals surface area contributed by atoms with Gasteiger partial charge in [-0.25, -0.2) is 0 Å². The molecule has 0 spiro atoms. The first-order valence-electron chi connectivity index (χ1n) is 30.2. The number of esters is 2. The third kappa shape index (κ3) is 56.2. The van der Waals surface area contributed by atoms with Crippen LogP contribution in [0.4, 0.5) is 0 Å². The number of aliphatic carboxylic acids is 1. The summed E-state index contributed by atoms with van der Waals surface area (Å²) in [5.41, 5.74) is 0. The average Bonchev–Trinajstić information content (AvgIpc) is 3.37. The number of rotatable bonds is 55. The second-order valence-electron chi connectivity index (χ2n) is 21.3. The number of quaternary nitrogens is 1. The zero-order valence-corrected chi connectivity index (χ0v) is 48.4. The van der Waals surface area contributed by atoms with Gasteiger partial charge in [-0.05, 0) is 83.5 Å². The van der Waals surface area contributed by atoms with Gasteiger partial charge in [0.2, 0.25) is 0 Å². The highest BCUT2D eigenvalue weighted by Gasteiger charge is 2.22. The Kier molecular flexibility index (Phi) is 53.0. The highest BCUT2D eigenvalue weighted by Crippen LogP contribution is 2.17. The summed E-state index contributed by atoms with van der Waals surface area (Å²) in [5.74, 6) is -2.29. The van der Waals surface area contributed by atoms with E-state index >= 15 is 0 Å². The van der Waals surface area contributed by atoms with Crippen LogP contribution in [0.3, 0.4) is 0 Å². The molecule has 0 aliphatic rings. The van der Waals surface area contributed by atoms with E-state index in [1.165, 1.54) is 122 Å². The summed E-state index contributed by atoms with van der Waals surface area (Å²) >= 11 is 0. The van der Waals surface area contributed by atoms with Crippen LogP contribution in [0.15, 0.2) is 85.1 Å². The molecule has 0 N–H and O–H groups in total. The monoisotopic (exact) mass is 1040 g/mol. The summed E-state index contributed by atoms with van der Waals surface area (Å²) in [5, 5.41) is 11.7. The highest BCUT2D eigenvalue weighted by atomic mass is 16.7. The molecule has 0 aromatic rings. The Hall–Kier alpha value is -3.53. The molecule has 0 fully saturated rings. The number of hydrogen-bond donors (Lipinski definition) is 0. The van der Waals surface area contributed by atoms with Gasteiger partial charge in [0.15, 0.2) is 12.4 Å². The van der Waals surface area contributed by atoms with Gasteiger partial charge in [-0.2, -0.15) is 0 Å². The summed E-state index contributed by atoms with van der Waals surface area (Å²) in [6.07, 6.45) is 71.0. The standard InChI is InChI=1S/C65H113NO8/c1-6-8-10-12-14-16-18-19-20-21-22-23-24-25-26-27-28-29-30-31-32-33-34-35-36-37-38-39-40-41-42-43-44-45-46-48-50-52-54-56-63(68)74-61(60-73-65(64(69)70)71-58-57-66(3,4)5)59-72-62(67)55-53-51-49-47-17-15-13-11-9-7-2/h8,10-11,13-14,16,19-20,22-23,25-26,28-29,61,65H,6-7,9,12,15,17-18,21,24,27,30-60H2,1-5H3/b10-8-,13-11-,16-14-,20-19-,23-22-,26-25-,29-28-.